The molecule has 0 aliphatic carbocycles. The van der Waals surface area contributed by atoms with Gasteiger partial charge >= 0.3 is 0 Å². The van der Waals surface area contributed by atoms with E-state index in [1.165, 1.54) is 0 Å². The van der Waals surface area contributed by atoms with Crippen molar-refractivity contribution >= 4 is 11.9 Å². The zero-order valence-electron chi connectivity index (χ0n) is 11.3. The summed E-state index contributed by atoms with van der Waals surface area (Å²) in [5, 5.41) is 6.07. The van der Waals surface area contributed by atoms with E-state index in [0.717, 1.165) is 32.5 Å². The molecule has 6 heteroatoms. The zero-order valence-corrected chi connectivity index (χ0v) is 11.3. The van der Waals surface area contributed by atoms with Crippen molar-refractivity contribution in [3.8, 4) is 0 Å². The number of hydrogen-bond acceptors (Lipinski definition) is 5. The Balaban J connectivity index is 1.87. The highest BCUT2D eigenvalue weighted by Crippen LogP contribution is 2.09. The Labute approximate surface area is 113 Å². The number of aromatic nitrogens is 2. The van der Waals surface area contributed by atoms with Crippen molar-refractivity contribution in [3.63, 3.8) is 0 Å². The van der Waals surface area contributed by atoms with E-state index in [1.54, 1.807) is 18.5 Å². The van der Waals surface area contributed by atoms with Crippen LogP contribution in [-0.4, -0.2) is 53.0 Å². The average molecular weight is 263 g/mol. The summed E-state index contributed by atoms with van der Waals surface area (Å²) < 4.78 is 0. The first-order chi connectivity index (χ1) is 9.29. The Morgan fingerprint density at radius 2 is 2.32 bits per heavy atom. The van der Waals surface area contributed by atoms with E-state index >= 15 is 0 Å². The molecule has 0 bridgehead atoms. The van der Waals surface area contributed by atoms with Gasteiger partial charge in [0.15, 0.2) is 0 Å². The molecule has 2 heterocycles. The van der Waals surface area contributed by atoms with Crippen LogP contribution in [0.1, 0.15) is 19.8 Å². The summed E-state index contributed by atoms with van der Waals surface area (Å²) in [4.78, 5) is 22.2. The molecule has 1 saturated heterocycles. The van der Waals surface area contributed by atoms with Crippen LogP contribution in [-0.2, 0) is 4.79 Å². The minimum Gasteiger partial charge on any atom is -0.315 e. The topological polar surface area (TPSA) is 70.2 Å². The summed E-state index contributed by atoms with van der Waals surface area (Å²) in [6, 6.07) is 2.19. The van der Waals surface area contributed by atoms with Gasteiger partial charge in [-0.05, 0) is 32.0 Å². The van der Waals surface area contributed by atoms with Gasteiger partial charge in [0.25, 0.3) is 0 Å². The van der Waals surface area contributed by atoms with E-state index in [9.17, 15) is 4.79 Å². The minimum absolute atomic E-state index is 0.0495. The number of nitrogens with one attached hydrogen (secondary N) is 2. The van der Waals surface area contributed by atoms with Crippen LogP contribution in [0, 0.1) is 0 Å². The van der Waals surface area contributed by atoms with Crippen LogP contribution in [0.15, 0.2) is 18.5 Å². The third kappa shape index (κ3) is 4.25. The van der Waals surface area contributed by atoms with Crippen LogP contribution < -0.4 is 10.6 Å². The molecule has 1 unspecified atom stereocenters. The van der Waals surface area contributed by atoms with Gasteiger partial charge in [0, 0.05) is 25.0 Å². The molecular formula is C13H21N5O. The summed E-state index contributed by atoms with van der Waals surface area (Å²) in [7, 11) is 0. The number of amides is 1. The molecule has 104 valence electrons. The first-order valence-corrected chi connectivity index (χ1v) is 6.81. The van der Waals surface area contributed by atoms with E-state index in [2.05, 4.69) is 32.4 Å². The number of rotatable bonds is 6. The van der Waals surface area contributed by atoms with Crippen LogP contribution in [0.3, 0.4) is 0 Å². The third-order valence-corrected chi connectivity index (χ3v) is 3.23. The fourth-order valence-corrected chi connectivity index (χ4v) is 2.34. The van der Waals surface area contributed by atoms with E-state index in [-0.39, 0.29) is 5.91 Å². The van der Waals surface area contributed by atoms with Crippen molar-refractivity contribution in [2.45, 2.75) is 25.8 Å². The maximum absolute atomic E-state index is 12.0. The number of carbonyl (C=O) groups excluding carboxylic acids is 1. The molecule has 19 heavy (non-hydrogen) atoms. The highest BCUT2D eigenvalue weighted by Gasteiger charge is 2.23. The largest absolute Gasteiger partial charge is 0.315 e. The lowest BCUT2D eigenvalue weighted by atomic mass is 10.2. The van der Waals surface area contributed by atoms with Gasteiger partial charge in [0.05, 0.1) is 6.54 Å². The maximum Gasteiger partial charge on any atom is 0.240 e. The minimum atomic E-state index is -0.0495. The van der Waals surface area contributed by atoms with E-state index in [0.29, 0.717) is 18.5 Å². The molecule has 0 spiro atoms. The molecule has 0 aromatic carbocycles. The lowest BCUT2D eigenvalue weighted by Crippen LogP contribution is -2.42. The molecule has 6 nitrogen and oxygen atoms in total. The van der Waals surface area contributed by atoms with Crippen LogP contribution >= 0.6 is 0 Å². The van der Waals surface area contributed by atoms with Gasteiger partial charge in [0.2, 0.25) is 11.9 Å². The average Bonchev–Trinajstić information content (AvgIpc) is 2.93. The molecule has 2 N–H and O–H groups in total. The normalized spacial score (nSPS) is 18.7. The second-order valence-electron chi connectivity index (χ2n) is 4.74. The molecule has 0 radical (unpaired) electrons. The second-order valence-corrected chi connectivity index (χ2v) is 4.74. The molecular weight excluding hydrogens is 242 g/mol. The first kappa shape index (κ1) is 13.9. The van der Waals surface area contributed by atoms with Gasteiger partial charge in [-0.15, -0.1) is 0 Å². The molecule has 1 amide bonds. The van der Waals surface area contributed by atoms with E-state index in [4.69, 9.17) is 0 Å². The van der Waals surface area contributed by atoms with Crippen molar-refractivity contribution < 1.29 is 4.79 Å². The standard InChI is InChI=1S/C13H21N5O/c1-2-8-18(11-4-7-14-9-11)10-12(19)17-13-15-5-3-6-16-13/h3,5-6,11,14H,2,4,7-10H2,1H3,(H,15,16,17,19). The smallest absolute Gasteiger partial charge is 0.240 e. The number of nitrogens with zero attached hydrogens (tertiary/aromatic N) is 3. The zero-order chi connectivity index (χ0) is 13.5. The molecule has 1 fully saturated rings. The molecule has 1 aliphatic rings. The summed E-state index contributed by atoms with van der Waals surface area (Å²) in [5.41, 5.74) is 0. The molecule has 1 aromatic rings. The van der Waals surface area contributed by atoms with Gasteiger partial charge in [-0.3, -0.25) is 15.0 Å². The lowest BCUT2D eigenvalue weighted by molar-refractivity contribution is -0.117. The fraction of sp³-hybridized carbons (Fsp3) is 0.615. The molecule has 1 aromatic heterocycles. The SMILES string of the molecule is CCCN(CC(=O)Nc1ncccn1)C1CCNC1. The Kier molecular flexibility index (Phi) is 5.23. The van der Waals surface area contributed by atoms with Crippen LogP contribution in [0.25, 0.3) is 0 Å². The first-order valence-electron chi connectivity index (χ1n) is 6.81. The summed E-state index contributed by atoms with van der Waals surface area (Å²) in [6.07, 6.45) is 5.39. The third-order valence-electron chi connectivity index (χ3n) is 3.23. The monoisotopic (exact) mass is 263 g/mol. The van der Waals surface area contributed by atoms with Gasteiger partial charge in [-0.25, -0.2) is 9.97 Å². The van der Waals surface area contributed by atoms with Gasteiger partial charge in [-0.1, -0.05) is 6.92 Å². The van der Waals surface area contributed by atoms with Crippen LogP contribution in [0.5, 0.6) is 0 Å². The molecule has 1 aliphatic heterocycles. The molecule has 0 saturated carbocycles. The predicted molar refractivity (Wildman–Crippen MR) is 73.8 cm³/mol. The maximum atomic E-state index is 12.0. The quantitative estimate of drug-likeness (QED) is 0.781. The Morgan fingerprint density at radius 1 is 1.53 bits per heavy atom. The van der Waals surface area contributed by atoms with E-state index < -0.39 is 0 Å². The second kappa shape index (κ2) is 7.16. The Bertz CT molecular complexity index is 391. The Hall–Kier alpha value is -1.53. The predicted octanol–water partition coefficient (Wildman–Crippen LogP) is 0.489. The van der Waals surface area contributed by atoms with Crippen molar-refractivity contribution in [1.82, 2.24) is 20.2 Å². The fourth-order valence-electron chi connectivity index (χ4n) is 2.34. The van der Waals surface area contributed by atoms with Crippen LogP contribution in [0.2, 0.25) is 0 Å². The molecule has 2 rings (SSSR count). The van der Waals surface area contributed by atoms with Crippen molar-refractivity contribution in [1.29, 1.82) is 0 Å². The highest BCUT2D eigenvalue weighted by molar-refractivity contribution is 5.90. The lowest BCUT2D eigenvalue weighted by Gasteiger charge is -2.26. The van der Waals surface area contributed by atoms with Gasteiger partial charge in [0.1, 0.15) is 0 Å². The Morgan fingerprint density at radius 3 is 2.95 bits per heavy atom. The van der Waals surface area contributed by atoms with Crippen molar-refractivity contribution in [2.75, 3.05) is 31.5 Å². The summed E-state index contributed by atoms with van der Waals surface area (Å²) >= 11 is 0. The molecule has 1 atom stereocenters. The van der Waals surface area contributed by atoms with E-state index in [1.807, 2.05) is 0 Å². The number of hydrogen-bond donors (Lipinski definition) is 2. The van der Waals surface area contributed by atoms with Crippen molar-refractivity contribution in [2.24, 2.45) is 0 Å². The highest BCUT2D eigenvalue weighted by atomic mass is 16.2. The van der Waals surface area contributed by atoms with Gasteiger partial charge in [-0.2, -0.15) is 0 Å². The number of carbonyl (C=O) groups is 1. The summed E-state index contributed by atoms with van der Waals surface area (Å²) in [5.74, 6) is 0.319. The van der Waals surface area contributed by atoms with Crippen molar-refractivity contribution in [3.05, 3.63) is 18.5 Å². The number of anilines is 1. The van der Waals surface area contributed by atoms with Crippen LogP contribution in [0.4, 0.5) is 5.95 Å². The van der Waals surface area contributed by atoms with Gasteiger partial charge < -0.3 is 5.32 Å². The summed E-state index contributed by atoms with van der Waals surface area (Å²) in [6.45, 7) is 5.48.